The number of amides is 8. The lowest BCUT2D eigenvalue weighted by molar-refractivity contribution is -0.334. The maximum atomic E-state index is 16.8. The zero-order valence-corrected chi connectivity index (χ0v) is 85.8. The van der Waals surface area contributed by atoms with Crippen LogP contribution in [0.1, 0.15) is 157 Å². The number of phenols is 2. The van der Waals surface area contributed by atoms with E-state index >= 15 is 28.8 Å². The standard InChI is InChI=1S/C100H124Cl3IN14O29/c1-47(2)32-65(118(7)98(137)139-46-138-73(123)44-110-31-11-30-109-28-9-8-27-108-29-10-26-105)91(130)116-80-82(124)54-19-24-67(61(102)34-54)142-69-36-56-37-70(86(69)147-97-87(84(126)83(125)71(45-119)144-97)146-75-42-100(6,89(128)49(4)141-75)111-43-50-12-14-51(15-13-50)52-16-21-57(101)22-17-52)143-68-25-20-55(35-62(68)103)85(145-74-41-99(5,107)88(127)48(3)140-74)81-95(134)115-79(96(135)136)60-38-58(120)39-66(121)76(60)59-33-53(18-23-63(59)104)77(92(131)117-81)114-93(132)78(56)113-90(129)64(40-72(106)122)112-94(80)133/h12-25,33-39,47-49,64-65,71,74-75,77-85,87-89,97,108-111,119-121,124-128H,8-11,26-32,40-46,105,107H2,1-7H3,(H2,106,122)(H,112,133)(H,113,129)(H,114,132)(H,115,134)(H,116,130)(H,117,131)(H,135,136)/t48-,49-,64-,65+,71+,74-,75-,77+,78+,79+,80+,81-,82+,83+,84-,85+,87+,88-,89-,97-,99-,100-/m0/s1. The highest BCUT2D eigenvalue weighted by atomic mass is 127. The molecule has 0 spiro atoms. The number of hydrogen-bond donors (Lipinski definition) is 22. The van der Waals surface area contributed by atoms with E-state index in [1.54, 1.807) is 39.8 Å². The first-order valence-electron chi connectivity index (χ1n) is 47.9. The number of carboxylic acid groups (broad SMARTS) is 1. The second-order valence-corrected chi connectivity index (χ2v) is 40.3. The summed E-state index contributed by atoms with van der Waals surface area (Å²) in [5, 5.41) is 134. The third-order valence-corrected chi connectivity index (χ3v) is 28.0. The number of carboxylic acids is 1. The van der Waals surface area contributed by atoms with Crippen molar-refractivity contribution in [3.63, 3.8) is 0 Å². The summed E-state index contributed by atoms with van der Waals surface area (Å²) in [4.78, 5) is 151. The Morgan fingerprint density at radius 2 is 1.22 bits per heavy atom. The van der Waals surface area contributed by atoms with E-state index in [9.17, 15) is 65.1 Å². The third kappa shape index (κ3) is 28.2. The van der Waals surface area contributed by atoms with Crippen LogP contribution in [0.4, 0.5) is 4.79 Å². The van der Waals surface area contributed by atoms with Crippen molar-refractivity contribution < 1.29 is 141 Å². The zero-order chi connectivity index (χ0) is 106. The van der Waals surface area contributed by atoms with Crippen molar-refractivity contribution in [1.82, 2.24) is 58.1 Å². The molecule has 796 valence electrons. The molecule has 25 N–H and O–H groups in total. The molecule has 47 heteroatoms. The summed E-state index contributed by atoms with van der Waals surface area (Å²) in [6.07, 6.45) is -21.6. The van der Waals surface area contributed by atoms with Crippen LogP contribution in [-0.2, 0) is 82.9 Å². The lowest BCUT2D eigenvalue weighted by atomic mass is 9.84. The number of fused-ring (bicyclic) bond motifs is 15. The van der Waals surface area contributed by atoms with Crippen molar-refractivity contribution >= 4 is 117 Å². The summed E-state index contributed by atoms with van der Waals surface area (Å²) in [5.41, 5.74) is 15.9. The second kappa shape index (κ2) is 50.5. The number of benzene rings is 7. The molecule has 0 unspecified atom stereocenters. The molecule has 147 heavy (non-hydrogen) atoms. The van der Waals surface area contributed by atoms with Crippen LogP contribution in [0.2, 0.25) is 15.1 Å². The number of hydrogen-bond acceptors (Lipinski definition) is 34. The predicted octanol–water partition coefficient (Wildman–Crippen LogP) is 5.03. The van der Waals surface area contributed by atoms with Crippen LogP contribution in [0.5, 0.6) is 40.2 Å². The summed E-state index contributed by atoms with van der Waals surface area (Å²) >= 11 is 22.9. The number of ether oxygens (including phenoxy) is 10. The van der Waals surface area contributed by atoms with Crippen LogP contribution >= 0.6 is 57.4 Å². The number of phenolic OH excluding ortho intramolecular Hbond substituents is 2. The van der Waals surface area contributed by atoms with Gasteiger partial charge in [-0.05, 0) is 239 Å². The predicted molar refractivity (Wildman–Crippen MR) is 539 cm³/mol. The van der Waals surface area contributed by atoms with Crippen molar-refractivity contribution in [3.05, 3.63) is 179 Å². The Bertz CT molecular complexity index is 5890. The summed E-state index contributed by atoms with van der Waals surface area (Å²) in [7, 11) is 1.17. The molecule has 15 rings (SSSR count). The number of unbranched alkanes of at least 4 members (excludes halogenated alkanes) is 1. The van der Waals surface area contributed by atoms with E-state index in [4.69, 9.17) is 99.4 Å². The average molecular weight is 2220 g/mol. The molecule has 43 nitrogen and oxygen atoms in total. The molecule has 7 aromatic rings. The quantitative estimate of drug-likeness (QED) is 0.0107. The van der Waals surface area contributed by atoms with Crippen molar-refractivity contribution in [1.29, 1.82) is 0 Å². The number of aromatic hydroxyl groups is 2. The van der Waals surface area contributed by atoms with Gasteiger partial charge in [-0.15, -0.1) is 0 Å². The smallest absolute Gasteiger partial charge is 0.413 e. The average Bonchev–Trinajstić information content (AvgIpc) is 0.761. The maximum absolute atomic E-state index is 16.8. The van der Waals surface area contributed by atoms with Crippen LogP contribution < -0.4 is 84.6 Å². The summed E-state index contributed by atoms with van der Waals surface area (Å²) in [6, 6.07) is 14.5. The molecule has 8 amide bonds. The Morgan fingerprint density at radius 3 is 1.85 bits per heavy atom. The van der Waals surface area contributed by atoms with Crippen molar-refractivity contribution in [2.75, 3.05) is 66.3 Å². The highest BCUT2D eigenvalue weighted by Gasteiger charge is 2.54. The molecule has 0 aromatic heterocycles. The number of aliphatic hydroxyl groups excluding tert-OH is 6. The monoisotopic (exact) mass is 2220 g/mol. The van der Waals surface area contributed by atoms with E-state index < -0.39 is 280 Å². The first-order chi connectivity index (χ1) is 69.9. The molecule has 8 heterocycles. The van der Waals surface area contributed by atoms with Crippen LogP contribution in [0.25, 0.3) is 22.3 Å². The molecule has 8 aliphatic rings. The fourth-order valence-corrected chi connectivity index (χ4v) is 19.3. The largest absolute Gasteiger partial charge is 0.508 e. The highest BCUT2D eigenvalue weighted by Crippen LogP contribution is 2.51. The lowest BCUT2D eigenvalue weighted by Crippen LogP contribution is -2.65. The van der Waals surface area contributed by atoms with Crippen LogP contribution in [0.15, 0.2) is 127 Å². The van der Waals surface area contributed by atoms with Gasteiger partial charge in [0, 0.05) is 63.3 Å². The minimum absolute atomic E-state index is 0.0855. The number of nitrogens with two attached hydrogens (primary N) is 3. The Labute approximate surface area is 874 Å². The number of rotatable bonds is 35. The van der Waals surface area contributed by atoms with E-state index in [1.807, 2.05) is 59.0 Å². The van der Waals surface area contributed by atoms with Gasteiger partial charge in [-0.25, -0.2) is 9.59 Å². The van der Waals surface area contributed by atoms with Crippen LogP contribution in [0, 0.1) is 9.49 Å². The summed E-state index contributed by atoms with van der Waals surface area (Å²) in [6.45, 7) is 11.8. The van der Waals surface area contributed by atoms with Crippen LogP contribution in [0.3, 0.4) is 0 Å². The number of aliphatic carboxylic acids is 1. The number of carbonyl (C=O) groups excluding carboxylic acids is 9. The molecule has 3 fully saturated rings. The van der Waals surface area contributed by atoms with Crippen molar-refractivity contribution in [2.24, 2.45) is 23.1 Å². The molecule has 8 aliphatic heterocycles. The second-order valence-electron chi connectivity index (χ2n) is 37.9. The summed E-state index contributed by atoms with van der Waals surface area (Å²) in [5.74, 6) is -17.0. The van der Waals surface area contributed by atoms with Gasteiger partial charge in [0.1, 0.15) is 89.8 Å². The van der Waals surface area contributed by atoms with E-state index in [0.717, 1.165) is 96.9 Å². The number of aliphatic hydroxyl groups is 6. The van der Waals surface area contributed by atoms with E-state index in [0.29, 0.717) is 31.1 Å². The topological polar surface area (TPSA) is 647 Å². The van der Waals surface area contributed by atoms with Crippen LogP contribution in [-0.4, -0.2) is 279 Å². The number of nitrogens with one attached hydrogen (secondary N) is 10. The number of primary amides is 1. The Morgan fingerprint density at radius 1 is 0.633 bits per heavy atom. The van der Waals surface area contributed by atoms with Crippen molar-refractivity contribution in [3.8, 4) is 62.5 Å². The Balaban J connectivity index is 0.931. The molecular formula is C100H124Cl3IN14O29. The first kappa shape index (κ1) is 113. The fraction of sp³-hybridized carbons (Fsp3) is 0.480. The van der Waals surface area contributed by atoms with Crippen molar-refractivity contribution in [2.45, 2.75) is 233 Å². The van der Waals surface area contributed by atoms with E-state index in [1.165, 1.54) is 63.4 Å². The maximum Gasteiger partial charge on any atom is 0.413 e. The number of esters is 1. The van der Waals surface area contributed by atoms with Gasteiger partial charge in [0.2, 0.25) is 60.2 Å². The summed E-state index contributed by atoms with van der Waals surface area (Å²) < 4.78 is 64.1. The van der Waals surface area contributed by atoms with E-state index in [2.05, 4.69) is 53.2 Å². The minimum Gasteiger partial charge on any atom is -0.508 e. The van der Waals surface area contributed by atoms with Gasteiger partial charge in [0.15, 0.2) is 36.2 Å². The fourth-order valence-electron chi connectivity index (χ4n) is 18.1. The molecule has 0 radical (unpaired) electrons. The zero-order valence-electron chi connectivity index (χ0n) is 81.4. The lowest BCUT2D eigenvalue weighted by Gasteiger charge is -2.48. The third-order valence-electron chi connectivity index (χ3n) is 26.2. The molecule has 22 atom stereocenters. The van der Waals surface area contributed by atoms with Gasteiger partial charge < -0.3 is 164 Å². The molecule has 3 saturated heterocycles. The molecule has 0 saturated carbocycles. The number of halogens is 4. The normalized spacial score (nSPS) is 27.0. The number of carbonyl (C=O) groups is 10. The molecule has 11 bridgehead atoms. The number of nitrogens with zero attached hydrogens (tertiary/aromatic N) is 1. The molecule has 0 aliphatic carbocycles. The molecule has 7 aromatic carbocycles. The minimum atomic E-state index is -2.44. The van der Waals surface area contributed by atoms with Gasteiger partial charge in [0.05, 0.1) is 54.0 Å². The van der Waals surface area contributed by atoms with Gasteiger partial charge in [0.25, 0.3) is 0 Å². The van der Waals surface area contributed by atoms with Gasteiger partial charge in [-0.3, -0.25) is 43.3 Å². The first-order valence-corrected chi connectivity index (χ1v) is 50.2. The van der Waals surface area contributed by atoms with Gasteiger partial charge >= 0.3 is 18.0 Å². The SMILES string of the molecule is CC(C)C[C@H](C(=O)N[C@H]1C(=O)N[C@@H](CC(N)=O)C(=O)N[C@H]2C(=O)N[C@H]3C(=O)N[C@H](C(=O)N[C@@H](C(=O)O)c4cc(O)cc(O)c4-c4cc3ccc4I)[C@H](O[C@H]3C[C@](C)(N)[C@@H](O)[C@H](C)O3)c3ccc(c(Cl)c3)Oc3cc2cc(c3O[C@@H]2O[C@H](CO)[C@@H](O)[C@H](O)[C@H]2O[C@H]2C[C@](C)(NCc3ccc(-c4ccc(Cl)cc4)cc3)[C@@H](O)[C@H](C)O2)Oc2ccc(cc2Cl)[C@H]1O)N(C)C(=O)OCOC(=O)CNCCCNCCCCNCCCN. The number of likely N-dealkylation sites (N-methyl/N-ethyl adjacent to an activating group) is 1. The van der Waals surface area contributed by atoms with Gasteiger partial charge in [-0.2, -0.15) is 0 Å². The molecular weight excluding hydrogens is 2090 g/mol. The van der Waals surface area contributed by atoms with E-state index in [-0.39, 0.29) is 63.7 Å². The van der Waals surface area contributed by atoms with Gasteiger partial charge in [-0.1, -0.05) is 103 Å². The highest BCUT2D eigenvalue weighted by molar-refractivity contribution is 14.1. The Hall–Kier alpha value is -11.0. The Kier molecular flexibility index (Phi) is 38.9.